The van der Waals surface area contributed by atoms with E-state index in [2.05, 4.69) is 10.6 Å². The van der Waals surface area contributed by atoms with E-state index in [1.54, 1.807) is 19.1 Å². The summed E-state index contributed by atoms with van der Waals surface area (Å²) in [4.78, 5) is 40.6. The van der Waals surface area contributed by atoms with E-state index in [1.807, 2.05) is 6.26 Å². The van der Waals surface area contributed by atoms with Crippen LogP contribution >= 0.6 is 23.4 Å². The molecule has 0 saturated carbocycles. The van der Waals surface area contributed by atoms with Crippen molar-refractivity contribution in [2.45, 2.75) is 28.4 Å². The number of aliphatic hydroxyl groups is 2. The van der Waals surface area contributed by atoms with Crippen molar-refractivity contribution < 1.29 is 38.1 Å². The van der Waals surface area contributed by atoms with Gasteiger partial charge in [-0.3, -0.25) is 14.4 Å². The third kappa shape index (κ3) is 8.27. The summed E-state index contributed by atoms with van der Waals surface area (Å²) in [5.41, 5.74) is 0.279. The quantitative estimate of drug-likeness (QED) is 0.137. The number of benzene rings is 3. The molecule has 1 atom stereocenters. The maximum absolute atomic E-state index is 13.2. The topological polar surface area (TPSA) is 173 Å². The molecular weight excluding hydrogens is 618 g/mol. The van der Waals surface area contributed by atoms with Crippen LogP contribution in [0, 0.1) is 0 Å². The fraction of sp³-hybridized carbons (Fsp3) is 0.276. The van der Waals surface area contributed by atoms with Crippen LogP contribution in [-0.4, -0.2) is 84.2 Å². The third-order valence-electron chi connectivity index (χ3n) is 6.44. The summed E-state index contributed by atoms with van der Waals surface area (Å²) in [5.74, 6) is -2.33. The molecule has 43 heavy (non-hydrogen) atoms. The molecule has 0 aliphatic rings. The second kappa shape index (κ2) is 15.2. The normalized spacial score (nSPS) is 11.9. The molecule has 0 aromatic heterocycles. The van der Waals surface area contributed by atoms with Gasteiger partial charge in [0.05, 0.1) is 34.5 Å². The molecule has 14 heteroatoms. The van der Waals surface area contributed by atoms with Crippen LogP contribution in [0.3, 0.4) is 0 Å². The zero-order chi connectivity index (χ0) is 31.7. The largest absolute Gasteiger partial charge is 0.506 e. The molecular formula is C29H32ClN3O8S2. The molecule has 0 fully saturated rings. The van der Waals surface area contributed by atoms with Gasteiger partial charge in [0.25, 0.3) is 11.8 Å². The van der Waals surface area contributed by atoms with Crippen molar-refractivity contribution in [2.24, 2.45) is 0 Å². The number of hydrogen-bond donors (Lipinski definition) is 5. The fourth-order valence-electron chi connectivity index (χ4n) is 4.14. The lowest BCUT2D eigenvalue weighted by Gasteiger charge is -2.20. The second-order valence-corrected chi connectivity index (χ2v) is 12.6. The lowest BCUT2D eigenvalue weighted by molar-refractivity contribution is -0.115. The number of amides is 3. The van der Waals surface area contributed by atoms with E-state index in [4.69, 9.17) is 21.8 Å². The van der Waals surface area contributed by atoms with E-state index in [-0.39, 0.29) is 65.1 Å². The number of aliphatic hydroxyl groups excluding tert-OH is 2. The first-order valence-electron chi connectivity index (χ1n) is 13.1. The maximum atomic E-state index is 13.2. The van der Waals surface area contributed by atoms with Gasteiger partial charge in [0, 0.05) is 35.2 Å². The number of phenols is 1. The summed E-state index contributed by atoms with van der Waals surface area (Å²) in [6, 6.07) is 14.1. The van der Waals surface area contributed by atoms with Crippen LogP contribution in [0.5, 0.6) is 5.75 Å². The number of rotatable bonds is 13. The summed E-state index contributed by atoms with van der Waals surface area (Å²) < 4.78 is 26.3. The van der Waals surface area contributed by atoms with Crippen LogP contribution in [0.4, 0.5) is 11.4 Å². The summed E-state index contributed by atoms with van der Waals surface area (Å²) in [7, 11) is -4.02. The van der Waals surface area contributed by atoms with Crippen molar-refractivity contribution in [3.8, 4) is 5.75 Å². The number of nitrogens with zero attached hydrogens (tertiary/aromatic N) is 1. The Morgan fingerprint density at radius 2 is 1.49 bits per heavy atom. The van der Waals surface area contributed by atoms with E-state index in [0.29, 0.717) is 0 Å². The molecule has 0 aliphatic heterocycles. The van der Waals surface area contributed by atoms with E-state index in [1.165, 1.54) is 59.1 Å². The molecule has 5 N–H and O–H groups in total. The fourth-order valence-corrected chi connectivity index (χ4v) is 6.39. The van der Waals surface area contributed by atoms with Gasteiger partial charge in [-0.25, -0.2) is 8.42 Å². The standard InChI is InChI=1S/C29H32ClN3O8S2/c1-3-26(43(40,41)21-10-8-20(42-2)9-11-21)28(38)31-23-17-25(36)24(16-22(23)30)32-27(37)18-4-6-19(7-5-18)29(39)33(12-14-34)13-15-35/h4-11,16-17,26,34-36H,3,12-15H2,1-2H3,(H,31,38)(H,32,37). The highest BCUT2D eigenvalue weighted by Gasteiger charge is 2.33. The van der Waals surface area contributed by atoms with Crippen LogP contribution in [0.15, 0.2) is 70.5 Å². The van der Waals surface area contributed by atoms with Gasteiger partial charge in [0.1, 0.15) is 11.0 Å². The average Bonchev–Trinajstić information content (AvgIpc) is 2.99. The minimum Gasteiger partial charge on any atom is -0.506 e. The van der Waals surface area contributed by atoms with Crippen LogP contribution in [0.1, 0.15) is 34.1 Å². The Hall–Kier alpha value is -3.62. The van der Waals surface area contributed by atoms with Gasteiger partial charge in [-0.2, -0.15) is 0 Å². The lowest BCUT2D eigenvalue weighted by Crippen LogP contribution is -2.35. The van der Waals surface area contributed by atoms with Crippen molar-refractivity contribution in [3.05, 3.63) is 76.8 Å². The maximum Gasteiger partial charge on any atom is 0.255 e. The van der Waals surface area contributed by atoms with E-state index in [0.717, 1.165) is 11.0 Å². The lowest BCUT2D eigenvalue weighted by atomic mass is 10.1. The van der Waals surface area contributed by atoms with Gasteiger partial charge in [-0.05, 0) is 67.3 Å². The number of hydrogen-bond acceptors (Lipinski definition) is 9. The number of anilines is 2. The highest BCUT2D eigenvalue weighted by molar-refractivity contribution is 7.98. The number of thioether (sulfide) groups is 1. The Morgan fingerprint density at radius 1 is 0.907 bits per heavy atom. The SMILES string of the molecule is CCC(C(=O)Nc1cc(O)c(NC(=O)c2ccc(C(=O)N(CCO)CCO)cc2)cc1Cl)S(=O)(=O)c1ccc(SC)cc1. The molecule has 3 aromatic rings. The first-order chi connectivity index (χ1) is 20.5. The Kier molecular flexibility index (Phi) is 12.0. The zero-order valence-corrected chi connectivity index (χ0v) is 25.8. The highest BCUT2D eigenvalue weighted by atomic mass is 35.5. The zero-order valence-electron chi connectivity index (χ0n) is 23.4. The second-order valence-electron chi connectivity index (χ2n) is 9.23. The van der Waals surface area contributed by atoms with Crippen LogP contribution in [-0.2, 0) is 14.6 Å². The summed E-state index contributed by atoms with van der Waals surface area (Å²) in [6.07, 6.45) is 1.85. The molecule has 0 spiro atoms. The molecule has 3 amide bonds. The van der Waals surface area contributed by atoms with Crippen molar-refractivity contribution in [1.82, 2.24) is 4.90 Å². The van der Waals surface area contributed by atoms with Gasteiger partial charge in [0.2, 0.25) is 5.91 Å². The average molecular weight is 650 g/mol. The van der Waals surface area contributed by atoms with Crippen molar-refractivity contribution in [2.75, 3.05) is 43.2 Å². The van der Waals surface area contributed by atoms with Crippen LogP contribution in [0.2, 0.25) is 5.02 Å². The minimum atomic E-state index is -4.02. The predicted octanol–water partition coefficient (Wildman–Crippen LogP) is 3.64. The smallest absolute Gasteiger partial charge is 0.255 e. The number of halogens is 1. The van der Waals surface area contributed by atoms with Crippen LogP contribution < -0.4 is 10.6 Å². The van der Waals surface area contributed by atoms with Gasteiger partial charge >= 0.3 is 0 Å². The number of phenolic OH excluding ortho intramolecular Hbond substituents is 1. The summed E-state index contributed by atoms with van der Waals surface area (Å²) >= 11 is 7.77. The number of sulfone groups is 1. The Bertz CT molecular complexity index is 1560. The molecule has 1 unspecified atom stereocenters. The Labute approximate surface area is 258 Å². The monoisotopic (exact) mass is 649 g/mol. The van der Waals surface area contributed by atoms with Crippen molar-refractivity contribution in [3.63, 3.8) is 0 Å². The molecule has 0 saturated heterocycles. The molecule has 230 valence electrons. The molecule has 0 aliphatic carbocycles. The molecule has 3 rings (SSSR count). The first kappa shape index (κ1) is 33.9. The number of nitrogens with one attached hydrogen (secondary N) is 2. The molecule has 0 radical (unpaired) electrons. The van der Waals surface area contributed by atoms with Crippen LogP contribution in [0.25, 0.3) is 0 Å². The summed E-state index contributed by atoms with van der Waals surface area (Å²) in [6.45, 7) is 1.11. The molecule has 3 aromatic carbocycles. The minimum absolute atomic E-state index is 0.00403. The van der Waals surface area contributed by atoms with E-state index >= 15 is 0 Å². The Morgan fingerprint density at radius 3 is 2.02 bits per heavy atom. The van der Waals surface area contributed by atoms with Gasteiger partial charge in [-0.1, -0.05) is 18.5 Å². The van der Waals surface area contributed by atoms with Crippen molar-refractivity contribution in [1.29, 1.82) is 0 Å². The highest BCUT2D eigenvalue weighted by Crippen LogP contribution is 2.35. The first-order valence-corrected chi connectivity index (χ1v) is 16.2. The Balaban J connectivity index is 1.73. The predicted molar refractivity (Wildman–Crippen MR) is 166 cm³/mol. The molecule has 0 bridgehead atoms. The number of carbonyl (C=O) groups excluding carboxylic acids is 3. The third-order valence-corrected chi connectivity index (χ3v) is 9.72. The van der Waals surface area contributed by atoms with Gasteiger partial charge in [-0.15, -0.1) is 11.8 Å². The molecule has 11 nitrogen and oxygen atoms in total. The van der Waals surface area contributed by atoms with Gasteiger partial charge in [0.15, 0.2) is 9.84 Å². The molecule has 0 heterocycles. The number of carbonyl (C=O) groups is 3. The van der Waals surface area contributed by atoms with Gasteiger partial charge < -0.3 is 30.9 Å². The summed E-state index contributed by atoms with van der Waals surface area (Å²) in [5, 5.41) is 32.3. The number of aromatic hydroxyl groups is 1. The van der Waals surface area contributed by atoms with E-state index < -0.39 is 38.6 Å². The van der Waals surface area contributed by atoms with E-state index in [9.17, 15) is 27.9 Å². The van der Waals surface area contributed by atoms with Crippen molar-refractivity contribution >= 4 is 62.3 Å².